The molecule has 0 heteroatoms. The molecule has 0 bridgehead atoms. The summed E-state index contributed by atoms with van der Waals surface area (Å²) in [6.07, 6.45) is 11.0. The van der Waals surface area contributed by atoms with Crippen molar-refractivity contribution >= 4 is 0 Å². The summed E-state index contributed by atoms with van der Waals surface area (Å²) in [6, 6.07) is 0. The molecule has 0 saturated heterocycles. The number of rotatable bonds is 5. The third-order valence-electron chi connectivity index (χ3n) is 2.32. The Morgan fingerprint density at radius 2 is 1.58 bits per heavy atom. The van der Waals surface area contributed by atoms with Crippen molar-refractivity contribution in [3.05, 3.63) is 31.2 Å². The summed E-state index contributed by atoms with van der Waals surface area (Å²) in [5, 5.41) is 0. The van der Waals surface area contributed by atoms with Crippen LogP contribution in [-0.4, -0.2) is 0 Å². The van der Waals surface area contributed by atoms with Crippen LogP contribution < -0.4 is 0 Å². The maximum atomic E-state index is 3.75. The molecule has 0 rings (SSSR count). The molecule has 0 aromatic carbocycles. The van der Waals surface area contributed by atoms with Crippen molar-refractivity contribution in [2.45, 2.75) is 33.6 Å². The average Bonchev–Trinajstić information content (AvgIpc) is 2.11. The number of hydrogen-bond donors (Lipinski definition) is 0. The fourth-order valence-corrected chi connectivity index (χ4v) is 1.59. The SMILES string of the molecule is [CH2]C=CC(CC)C(C=CC)CC. The Kier molecular flexibility index (Phi) is 6.84. The molecule has 69 valence electrons. The van der Waals surface area contributed by atoms with E-state index < -0.39 is 0 Å². The van der Waals surface area contributed by atoms with Crippen LogP contribution in [0.2, 0.25) is 0 Å². The predicted molar refractivity (Wildman–Crippen MR) is 56.9 cm³/mol. The minimum Gasteiger partial charge on any atom is -0.0914 e. The van der Waals surface area contributed by atoms with Gasteiger partial charge in [-0.1, -0.05) is 38.2 Å². The molecule has 0 spiro atoms. The Morgan fingerprint density at radius 3 is 1.92 bits per heavy atom. The van der Waals surface area contributed by atoms with Crippen molar-refractivity contribution in [2.24, 2.45) is 11.8 Å². The molecule has 0 aromatic rings. The van der Waals surface area contributed by atoms with Gasteiger partial charge in [0.2, 0.25) is 0 Å². The fraction of sp³-hybridized carbons (Fsp3) is 0.583. The first-order valence-electron chi connectivity index (χ1n) is 4.88. The van der Waals surface area contributed by atoms with E-state index in [-0.39, 0.29) is 0 Å². The largest absolute Gasteiger partial charge is 0.0914 e. The van der Waals surface area contributed by atoms with Gasteiger partial charge in [0.1, 0.15) is 0 Å². The first-order chi connectivity index (χ1) is 5.79. The van der Waals surface area contributed by atoms with Crippen LogP contribution in [-0.2, 0) is 0 Å². The third kappa shape index (κ3) is 3.75. The summed E-state index contributed by atoms with van der Waals surface area (Å²) in [7, 11) is 0. The van der Waals surface area contributed by atoms with E-state index in [1.807, 2.05) is 6.08 Å². The molecule has 0 heterocycles. The van der Waals surface area contributed by atoms with E-state index in [1.54, 1.807) is 0 Å². The van der Waals surface area contributed by atoms with Crippen LogP contribution in [0.1, 0.15) is 33.6 Å². The monoisotopic (exact) mass is 165 g/mol. The first kappa shape index (κ1) is 11.5. The fourth-order valence-electron chi connectivity index (χ4n) is 1.59. The summed E-state index contributed by atoms with van der Waals surface area (Å²) >= 11 is 0. The van der Waals surface area contributed by atoms with Gasteiger partial charge in [-0.25, -0.2) is 0 Å². The van der Waals surface area contributed by atoms with Crippen LogP contribution in [0.15, 0.2) is 24.3 Å². The summed E-state index contributed by atoms with van der Waals surface area (Å²) in [5.41, 5.74) is 0. The highest BCUT2D eigenvalue weighted by Crippen LogP contribution is 2.21. The second-order valence-electron chi connectivity index (χ2n) is 3.10. The summed E-state index contributed by atoms with van der Waals surface area (Å²) in [6.45, 7) is 10.3. The highest BCUT2D eigenvalue weighted by atomic mass is 14.2. The minimum absolute atomic E-state index is 0.670. The average molecular weight is 165 g/mol. The van der Waals surface area contributed by atoms with Crippen LogP contribution in [0, 0.1) is 18.8 Å². The molecule has 0 nitrogen and oxygen atoms in total. The quantitative estimate of drug-likeness (QED) is 0.540. The molecule has 2 atom stereocenters. The molecule has 2 unspecified atom stereocenters. The van der Waals surface area contributed by atoms with Crippen molar-refractivity contribution in [3.8, 4) is 0 Å². The molecule has 12 heavy (non-hydrogen) atoms. The lowest BCUT2D eigenvalue weighted by molar-refractivity contribution is 0.449. The molecule has 0 N–H and O–H groups in total. The number of hydrogen-bond acceptors (Lipinski definition) is 0. The van der Waals surface area contributed by atoms with E-state index in [9.17, 15) is 0 Å². The second kappa shape index (κ2) is 7.15. The zero-order valence-corrected chi connectivity index (χ0v) is 8.59. The van der Waals surface area contributed by atoms with E-state index in [4.69, 9.17) is 0 Å². The topological polar surface area (TPSA) is 0 Å². The third-order valence-corrected chi connectivity index (χ3v) is 2.32. The molecule has 0 fully saturated rings. The van der Waals surface area contributed by atoms with E-state index in [0.29, 0.717) is 11.8 Å². The van der Waals surface area contributed by atoms with Gasteiger partial charge in [0.25, 0.3) is 0 Å². The van der Waals surface area contributed by atoms with Crippen LogP contribution in [0.4, 0.5) is 0 Å². The first-order valence-corrected chi connectivity index (χ1v) is 4.88. The van der Waals surface area contributed by atoms with Gasteiger partial charge in [-0.3, -0.25) is 0 Å². The van der Waals surface area contributed by atoms with Crippen molar-refractivity contribution in [3.63, 3.8) is 0 Å². The second-order valence-corrected chi connectivity index (χ2v) is 3.10. The Hall–Kier alpha value is -0.520. The zero-order chi connectivity index (χ0) is 9.40. The lowest BCUT2D eigenvalue weighted by Gasteiger charge is -2.18. The van der Waals surface area contributed by atoms with Crippen molar-refractivity contribution < 1.29 is 0 Å². The normalized spacial score (nSPS) is 17.3. The smallest absolute Gasteiger partial charge is 0.0173 e. The van der Waals surface area contributed by atoms with Gasteiger partial charge >= 0.3 is 0 Å². The molecule has 1 radical (unpaired) electrons. The molecule has 0 aliphatic heterocycles. The van der Waals surface area contributed by atoms with Gasteiger partial charge < -0.3 is 0 Å². The highest BCUT2D eigenvalue weighted by molar-refractivity contribution is 4.98. The Balaban J connectivity index is 4.21. The zero-order valence-electron chi connectivity index (χ0n) is 8.59. The van der Waals surface area contributed by atoms with Crippen LogP contribution in [0.5, 0.6) is 0 Å². The minimum atomic E-state index is 0.670. The van der Waals surface area contributed by atoms with Crippen molar-refractivity contribution in [1.82, 2.24) is 0 Å². The molecular formula is C12H21. The van der Waals surface area contributed by atoms with Gasteiger partial charge in [-0.2, -0.15) is 0 Å². The Bertz CT molecular complexity index is 124. The molecule has 0 amide bonds. The maximum Gasteiger partial charge on any atom is -0.0173 e. The summed E-state index contributed by atoms with van der Waals surface area (Å²) < 4.78 is 0. The van der Waals surface area contributed by atoms with Gasteiger partial charge in [0, 0.05) is 0 Å². The lowest BCUT2D eigenvalue weighted by Crippen LogP contribution is -2.08. The van der Waals surface area contributed by atoms with Gasteiger partial charge in [-0.05, 0) is 38.5 Å². The van der Waals surface area contributed by atoms with Crippen LogP contribution >= 0.6 is 0 Å². The summed E-state index contributed by atoms with van der Waals surface area (Å²) in [5.74, 6) is 1.36. The van der Waals surface area contributed by atoms with Crippen LogP contribution in [0.25, 0.3) is 0 Å². The van der Waals surface area contributed by atoms with Gasteiger partial charge in [0.05, 0.1) is 0 Å². The summed E-state index contributed by atoms with van der Waals surface area (Å²) in [4.78, 5) is 0. The van der Waals surface area contributed by atoms with Crippen molar-refractivity contribution in [1.29, 1.82) is 0 Å². The van der Waals surface area contributed by atoms with Crippen LogP contribution in [0.3, 0.4) is 0 Å². The van der Waals surface area contributed by atoms with E-state index in [1.165, 1.54) is 12.8 Å². The molecule has 0 saturated carbocycles. The Labute approximate surface area is 77.4 Å². The molecule has 0 aromatic heterocycles. The standard InChI is InChI=1S/C12H21/c1-5-9-11(7-3)12(8-4)10-6-2/h5-6,9-12H,1,7-8H2,2-4H3. The predicted octanol–water partition coefficient (Wildman–Crippen LogP) is 4.01. The van der Waals surface area contributed by atoms with Gasteiger partial charge in [-0.15, -0.1) is 0 Å². The van der Waals surface area contributed by atoms with Crippen molar-refractivity contribution in [2.75, 3.05) is 0 Å². The Morgan fingerprint density at radius 1 is 1.08 bits per heavy atom. The van der Waals surface area contributed by atoms with Gasteiger partial charge in [0.15, 0.2) is 0 Å². The van der Waals surface area contributed by atoms with E-state index >= 15 is 0 Å². The maximum absolute atomic E-state index is 3.75. The number of allylic oxidation sites excluding steroid dienone is 4. The lowest BCUT2D eigenvalue weighted by atomic mass is 9.87. The molecule has 0 aliphatic carbocycles. The highest BCUT2D eigenvalue weighted by Gasteiger charge is 2.11. The van der Waals surface area contributed by atoms with E-state index in [2.05, 4.69) is 45.9 Å². The van der Waals surface area contributed by atoms with E-state index in [0.717, 1.165) is 0 Å². The molecule has 0 aliphatic rings. The molecular weight excluding hydrogens is 144 g/mol.